The van der Waals surface area contributed by atoms with Crippen LogP contribution in [0.5, 0.6) is 0 Å². The SMILES string of the molecule is [C-]#[N+][I-]CCC(=O)OCC. The summed E-state index contributed by atoms with van der Waals surface area (Å²) in [5, 5.41) is 0. The summed E-state index contributed by atoms with van der Waals surface area (Å²) >= 11 is -0.426. The molecule has 0 heterocycles. The van der Waals surface area contributed by atoms with Crippen molar-refractivity contribution in [3.05, 3.63) is 9.63 Å². The zero-order chi connectivity index (χ0) is 7.82. The molecule has 10 heavy (non-hydrogen) atoms. The van der Waals surface area contributed by atoms with Crippen LogP contribution in [0.4, 0.5) is 0 Å². The number of carbonyl (C=O) groups excluding carboxylic acids is 1. The molecule has 0 atom stereocenters. The van der Waals surface area contributed by atoms with Gasteiger partial charge in [-0.05, 0) is 0 Å². The van der Waals surface area contributed by atoms with E-state index >= 15 is 0 Å². The topological polar surface area (TPSA) is 30.7 Å². The summed E-state index contributed by atoms with van der Waals surface area (Å²) in [7, 11) is 0. The van der Waals surface area contributed by atoms with E-state index in [1.54, 1.807) is 6.92 Å². The quantitative estimate of drug-likeness (QED) is 0.188. The van der Waals surface area contributed by atoms with Gasteiger partial charge in [-0.2, -0.15) is 0 Å². The van der Waals surface area contributed by atoms with Gasteiger partial charge >= 0.3 is 71.0 Å². The van der Waals surface area contributed by atoms with Crippen molar-refractivity contribution in [3.8, 4) is 0 Å². The molecule has 0 bridgehead atoms. The van der Waals surface area contributed by atoms with Crippen molar-refractivity contribution in [3.63, 3.8) is 0 Å². The van der Waals surface area contributed by atoms with Gasteiger partial charge in [0.15, 0.2) is 0 Å². The molecule has 0 aliphatic rings. The summed E-state index contributed by atoms with van der Waals surface area (Å²) in [4.78, 5) is 10.6. The number of ether oxygens (including phenoxy) is 1. The molecule has 0 aliphatic heterocycles. The van der Waals surface area contributed by atoms with Gasteiger partial charge < -0.3 is 0 Å². The third-order valence-corrected chi connectivity index (χ3v) is 2.11. The first kappa shape index (κ1) is 9.69. The maximum absolute atomic E-state index is 10.6. The molecule has 0 N–H and O–H groups in total. The van der Waals surface area contributed by atoms with E-state index in [1.165, 1.54) is 0 Å². The summed E-state index contributed by atoms with van der Waals surface area (Å²) < 4.78 is 8.61. The summed E-state index contributed by atoms with van der Waals surface area (Å²) in [6.45, 7) is 8.69. The van der Waals surface area contributed by atoms with Gasteiger partial charge in [0.2, 0.25) is 0 Å². The molecule has 0 aromatic rings. The normalized spacial score (nSPS) is 8.80. The Labute approximate surface area is 71.2 Å². The van der Waals surface area contributed by atoms with Crippen molar-refractivity contribution in [2.45, 2.75) is 13.3 Å². The maximum atomic E-state index is 10.6. The van der Waals surface area contributed by atoms with Crippen molar-refractivity contribution < 1.29 is 31.0 Å². The Morgan fingerprint density at radius 2 is 2.50 bits per heavy atom. The fourth-order valence-electron chi connectivity index (χ4n) is 0.395. The Morgan fingerprint density at radius 3 is 3.00 bits per heavy atom. The van der Waals surface area contributed by atoms with E-state index < -0.39 is 21.5 Å². The minimum atomic E-state index is -0.426. The van der Waals surface area contributed by atoms with Gasteiger partial charge in [-0.15, -0.1) is 0 Å². The monoisotopic (exact) mass is 254 g/mol. The van der Waals surface area contributed by atoms with Crippen LogP contribution in [0.25, 0.3) is 3.06 Å². The van der Waals surface area contributed by atoms with Crippen LogP contribution in [-0.2, 0) is 9.53 Å². The molecule has 0 aliphatic carbocycles. The standard InChI is InChI=1S/C6H9INO2/c1-3-10-6(9)4-5-7-8-2/h3-5H2,1H3/q-1. The second-order valence-electron chi connectivity index (χ2n) is 1.45. The van der Waals surface area contributed by atoms with Crippen molar-refractivity contribution in [1.82, 2.24) is 0 Å². The number of hydrogen-bond acceptors (Lipinski definition) is 2. The summed E-state index contributed by atoms with van der Waals surface area (Å²) in [5.41, 5.74) is 0. The number of esters is 1. The first-order chi connectivity index (χ1) is 4.81. The second kappa shape index (κ2) is 6.81. The van der Waals surface area contributed by atoms with Gasteiger partial charge in [0.25, 0.3) is 0 Å². The van der Waals surface area contributed by atoms with Crippen molar-refractivity contribution in [1.29, 1.82) is 0 Å². The first-order valence-corrected chi connectivity index (χ1v) is 5.41. The number of carbonyl (C=O) groups is 1. The van der Waals surface area contributed by atoms with E-state index in [0.717, 1.165) is 4.43 Å². The Hall–Kier alpha value is -0.310. The van der Waals surface area contributed by atoms with E-state index in [2.05, 4.69) is 7.80 Å². The van der Waals surface area contributed by atoms with E-state index in [-0.39, 0.29) is 5.97 Å². The average molecular weight is 254 g/mol. The van der Waals surface area contributed by atoms with Crippen molar-refractivity contribution in [2.24, 2.45) is 0 Å². The van der Waals surface area contributed by atoms with Crippen molar-refractivity contribution >= 4 is 5.97 Å². The van der Waals surface area contributed by atoms with Gasteiger partial charge in [-0.3, -0.25) is 0 Å². The molecule has 0 fully saturated rings. The van der Waals surface area contributed by atoms with E-state index in [0.29, 0.717) is 13.0 Å². The Bertz CT molecular complexity index is 141. The molecule has 0 spiro atoms. The van der Waals surface area contributed by atoms with Crippen LogP contribution in [0.3, 0.4) is 0 Å². The van der Waals surface area contributed by atoms with Crippen molar-refractivity contribution in [2.75, 3.05) is 11.0 Å². The molecule has 0 radical (unpaired) electrons. The van der Waals surface area contributed by atoms with E-state index in [4.69, 9.17) is 6.57 Å². The predicted molar refractivity (Wildman–Crippen MR) is 32.7 cm³/mol. The zero-order valence-corrected chi connectivity index (χ0v) is 7.92. The van der Waals surface area contributed by atoms with Crippen LogP contribution in [0.1, 0.15) is 13.3 Å². The summed E-state index contributed by atoms with van der Waals surface area (Å²) in [5.74, 6) is -0.175. The molecule has 58 valence electrons. The molecule has 0 saturated carbocycles. The molecular weight excluding hydrogens is 245 g/mol. The number of halogens is 1. The number of rotatable bonds is 4. The average Bonchev–Trinajstić information content (AvgIpc) is 1.89. The van der Waals surface area contributed by atoms with Gasteiger partial charge in [-0.25, -0.2) is 0 Å². The van der Waals surface area contributed by atoms with Gasteiger partial charge in [0.1, 0.15) is 0 Å². The zero-order valence-electron chi connectivity index (χ0n) is 5.76. The molecule has 0 amide bonds. The number of nitrogens with zero attached hydrogens (tertiary/aromatic N) is 1. The third kappa shape index (κ3) is 5.82. The molecular formula is C6H9INO2-. The van der Waals surface area contributed by atoms with Gasteiger partial charge in [-0.1, -0.05) is 0 Å². The molecule has 0 aromatic heterocycles. The van der Waals surface area contributed by atoms with Crippen LogP contribution in [0.2, 0.25) is 0 Å². The van der Waals surface area contributed by atoms with E-state index in [9.17, 15) is 4.79 Å². The molecule has 4 heteroatoms. The number of alkyl halides is 1. The molecule has 0 unspecified atom stereocenters. The van der Waals surface area contributed by atoms with Crippen LogP contribution in [0, 0.1) is 6.57 Å². The minimum absolute atomic E-state index is 0.175. The van der Waals surface area contributed by atoms with Crippen LogP contribution >= 0.6 is 0 Å². The molecule has 3 nitrogen and oxygen atoms in total. The summed E-state index contributed by atoms with van der Waals surface area (Å²) in [6.07, 6.45) is 0.420. The Kier molecular flexibility index (Phi) is 6.59. The predicted octanol–water partition coefficient (Wildman–Crippen LogP) is -2.14. The Balaban J connectivity index is 3.15. The fraction of sp³-hybridized carbons (Fsp3) is 0.667. The second-order valence-corrected chi connectivity index (χ2v) is 3.69. The summed E-state index contributed by atoms with van der Waals surface area (Å²) in [6, 6.07) is 0. The third-order valence-electron chi connectivity index (χ3n) is 0.748. The van der Waals surface area contributed by atoms with Gasteiger partial charge in [0.05, 0.1) is 0 Å². The van der Waals surface area contributed by atoms with Crippen LogP contribution in [0.15, 0.2) is 0 Å². The van der Waals surface area contributed by atoms with Crippen LogP contribution in [-0.4, -0.2) is 17.0 Å². The Morgan fingerprint density at radius 1 is 1.80 bits per heavy atom. The van der Waals surface area contributed by atoms with E-state index in [1.807, 2.05) is 0 Å². The van der Waals surface area contributed by atoms with Gasteiger partial charge in [0, 0.05) is 0 Å². The van der Waals surface area contributed by atoms with Crippen LogP contribution < -0.4 is 21.5 Å². The first-order valence-electron chi connectivity index (χ1n) is 2.92. The molecule has 0 rings (SSSR count). The fourth-order valence-corrected chi connectivity index (χ4v) is 1.32. The molecule has 0 aromatic carbocycles. The molecule has 0 saturated heterocycles. The number of hydrogen-bond donors (Lipinski definition) is 0.